The number of methoxy groups -OCH3 is 1. The van der Waals surface area contributed by atoms with Gasteiger partial charge in [0.1, 0.15) is 11.5 Å². The Morgan fingerprint density at radius 1 is 1.08 bits per heavy atom. The van der Waals surface area contributed by atoms with Crippen LogP contribution in [0.1, 0.15) is 56.0 Å². The van der Waals surface area contributed by atoms with Gasteiger partial charge in [-0.2, -0.15) is 0 Å². The van der Waals surface area contributed by atoms with Crippen LogP contribution < -0.4 is 14.2 Å². The highest BCUT2D eigenvalue weighted by Crippen LogP contribution is 2.30. The summed E-state index contributed by atoms with van der Waals surface area (Å²) >= 11 is 0. The van der Waals surface area contributed by atoms with E-state index >= 15 is 0 Å². The van der Waals surface area contributed by atoms with Gasteiger partial charge in [0.25, 0.3) is 15.9 Å². The van der Waals surface area contributed by atoms with Crippen molar-refractivity contribution in [3.05, 3.63) is 83.9 Å². The second-order valence-corrected chi connectivity index (χ2v) is 14.4. The molecule has 0 unspecified atom stereocenters. The molecule has 0 spiro atoms. The number of aliphatic hydroxyl groups is 1. The van der Waals surface area contributed by atoms with Crippen LogP contribution in [0.3, 0.4) is 0 Å². The molecule has 3 aromatic carbocycles. The third-order valence-corrected chi connectivity index (χ3v) is 10.1. The lowest BCUT2D eigenvalue weighted by molar-refractivity contribution is -0.131. The first kappa shape index (κ1) is 37.7. The van der Waals surface area contributed by atoms with Crippen molar-refractivity contribution in [2.24, 2.45) is 5.92 Å². The summed E-state index contributed by atoms with van der Waals surface area (Å²) in [6, 6.07) is 19.6. The summed E-state index contributed by atoms with van der Waals surface area (Å²) in [6.07, 6.45) is 1.95. The summed E-state index contributed by atoms with van der Waals surface area (Å²) in [5, 5.41) is 10.2. The number of anilines is 1. The van der Waals surface area contributed by atoms with Crippen molar-refractivity contribution in [3.8, 4) is 11.5 Å². The molecule has 0 radical (unpaired) electrons. The van der Waals surface area contributed by atoms with Gasteiger partial charge >= 0.3 is 0 Å². The number of benzene rings is 3. The van der Waals surface area contributed by atoms with Gasteiger partial charge in [0, 0.05) is 38.3 Å². The molecule has 1 aliphatic rings. The molecule has 0 bridgehead atoms. The second-order valence-electron chi connectivity index (χ2n) is 12.7. The van der Waals surface area contributed by atoms with Crippen molar-refractivity contribution >= 4 is 27.5 Å². The number of nitrogens with zero attached hydrogens (tertiary/aromatic N) is 2. The molecule has 11 nitrogen and oxygen atoms in total. The molecule has 4 rings (SSSR count). The van der Waals surface area contributed by atoms with Gasteiger partial charge in [-0.15, -0.1) is 0 Å². The number of amides is 2. The highest BCUT2D eigenvalue weighted by molar-refractivity contribution is 7.92. The summed E-state index contributed by atoms with van der Waals surface area (Å²) in [7, 11) is -0.733. The number of carbonyl (C=O) groups is 2. The predicted octanol–water partition coefficient (Wildman–Crippen LogP) is 4.99. The topological polar surface area (TPSA) is 135 Å². The van der Waals surface area contributed by atoms with Gasteiger partial charge in [-0.3, -0.25) is 14.3 Å². The Hall–Kier alpha value is -4.13. The van der Waals surface area contributed by atoms with Gasteiger partial charge in [-0.05, 0) is 81.1 Å². The normalized spacial score (nSPS) is 19.9. The third-order valence-electron chi connectivity index (χ3n) is 8.75. The van der Waals surface area contributed by atoms with Crippen molar-refractivity contribution in [2.75, 3.05) is 45.2 Å². The molecule has 0 saturated carbocycles. The van der Waals surface area contributed by atoms with Crippen LogP contribution in [0.25, 0.3) is 0 Å². The van der Waals surface area contributed by atoms with Crippen molar-refractivity contribution in [1.29, 1.82) is 0 Å². The van der Waals surface area contributed by atoms with Crippen LogP contribution in [0.4, 0.5) is 5.69 Å². The third kappa shape index (κ3) is 10.4. The number of hydrogen-bond donors (Lipinski definition) is 2. The quantitative estimate of drug-likeness (QED) is 0.303. The molecule has 4 atom stereocenters. The number of ether oxygens (including phenoxy) is 3. The highest BCUT2D eigenvalue weighted by Gasteiger charge is 2.31. The molecule has 0 fully saturated rings. The van der Waals surface area contributed by atoms with E-state index < -0.39 is 22.0 Å². The second kappa shape index (κ2) is 17.5. The molecular formula is C37H49N3O8S. The van der Waals surface area contributed by atoms with Gasteiger partial charge in [-0.1, -0.05) is 37.3 Å². The summed E-state index contributed by atoms with van der Waals surface area (Å²) in [4.78, 5) is 30.8. The van der Waals surface area contributed by atoms with Gasteiger partial charge in [-0.25, -0.2) is 8.42 Å². The Bertz CT molecular complexity index is 1640. The number of rotatable bonds is 10. The fraction of sp³-hybridized carbons (Fsp3) is 0.459. The Kier molecular flexibility index (Phi) is 13.5. The maximum Gasteiger partial charge on any atom is 0.261 e. The summed E-state index contributed by atoms with van der Waals surface area (Å²) in [5.41, 5.74) is 1.28. The zero-order valence-corrected chi connectivity index (χ0v) is 29.8. The summed E-state index contributed by atoms with van der Waals surface area (Å²) in [6.45, 7) is 6.37. The van der Waals surface area contributed by atoms with Gasteiger partial charge in [0.15, 0.2) is 0 Å². The Balaban J connectivity index is 1.63. The lowest BCUT2D eigenvalue weighted by Gasteiger charge is -2.36. The minimum absolute atomic E-state index is 0.0344. The van der Waals surface area contributed by atoms with E-state index in [1.807, 2.05) is 44.2 Å². The molecule has 0 saturated heterocycles. The first-order valence-corrected chi connectivity index (χ1v) is 18.2. The van der Waals surface area contributed by atoms with Gasteiger partial charge in [0.05, 0.1) is 48.8 Å². The van der Waals surface area contributed by atoms with Crippen molar-refractivity contribution < 1.29 is 37.3 Å². The average Bonchev–Trinajstić information content (AvgIpc) is 3.09. The van der Waals surface area contributed by atoms with Crippen LogP contribution in [-0.2, 0) is 26.0 Å². The highest BCUT2D eigenvalue weighted by atomic mass is 32.2. The van der Waals surface area contributed by atoms with E-state index in [4.69, 9.17) is 14.2 Å². The van der Waals surface area contributed by atoms with E-state index in [9.17, 15) is 23.1 Å². The van der Waals surface area contributed by atoms with E-state index in [1.165, 1.54) is 25.3 Å². The van der Waals surface area contributed by atoms with E-state index in [2.05, 4.69) is 4.72 Å². The maximum absolute atomic E-state index is 14.4. The Morgan fingerprint density at radius 2 is 1.80 bits per heavy atom. The zero-order valence-electron chi connectivity index (χ0n) is 29.0. The number of carbonyl (C=O) groups excluding carboxylic acids is 2. The monoisotopic (exact) mass is 695 g/mol. The van der Waals surface area contributed by atoms with Crippen LogP contribution in [0.15, 0.2) is 77.7 Å². The van der Waals surface area contributed by atoms with E-state index in [1.54, 1.807) is 48.0 Å². The molecule has 1 aliphatic heterocycles. The smallest absolute Gasteiger partial charge is 0.261 e. The fourth-order valence-electron chi connectivity index (χ4n) is 5.69. The number of nitrogens with one attached hydrogen (secondary N) is 1. The van der Waals surface area contributed by atoms with Crippen LogP contribution in [0, 0.1) is 5.92 Å². The van der Waals surface area contributed by atoms with Crippen LogP contribution in [0.2, 0.25) is 0 Å². The molecule has 3 aromatic rings. The fourth-order valence-corrected chi connectivity index (χ4v) is 6.74. The molecule has 0 aromatic heterocycles. The Labute approximate surface area is 290 Å². The molecule has 266 valence electrons. The van der Waals surface area contributed by atoms with Gasteiger partial charge < -0.3 is 29.1 Å². The lowest BCUT2D eigenvalue weighted by Crippen LogP contribution is -2.48. The van der Waals surface area contributed by atoms with Crippen molar-refractivity contribution in [2.45, 2.75) is 69.6 Å². The molecule has 1 heterocycles. The maximum atomic E-state index is 14.4. The SMILES string of the molecule is COc1ccc(S(=O)(=O)Nc2ccc3c(c2)C(=O)N([C@H](C)CO)C[C@H](C)[C@H](CN(C)C(=O)Cc2ccccc2)OCCCC[C@H](C)O3)cc1. The Morgan fingerprint density at radius 3 is 2.47 bits per heavy atom. The largest absolute Gasteiger partial charge is 0.497 e. The van der Waals surface area contributed by atoms with E-state index in [-0.39, 0.29) is 59.8 Å². The van der Waals surface area contributed by atoms with E-state index in [0.717, 1.165) is 18.4 Å². The zero-order chi connectivity index (χ0) is 35.6. The number of fused-ring (bicyclic) bond motifs is 1. The van der Waals surface area contributed by atoms with E-state index in [0.29, 0.717) is 31.1 Å². The summed E-state index contributed by atoms with van der Waals surface area (Å²) in [5.74, 6) is 0.150. The minimum atomic E-state index is -3.99. The van der Waals surface area contributed by atoms with Crippen molar-refractivity contribution in [3.63, 3.8) is 0 Å². The van der Waals surface area contributed by atoms with Crippen LogP contribution >= 0.6 is 0 Å². The molecule has 2 N–H and O–H groups in total. The summed E-state index contributed by atoms with van der Waals surface area (Å²) < 4.78 is 46.9. The van der Waals surface area contributed by atoms with Gasteiger partial charge in [0.2, 0.25) is 5.91 Å². The molecule has 12 heteroatoms. The first-order valence-electron chi connectivity index (χ1n) is 16.7. The van der Waals surface area contributed by atoms with Crippen molar-refractivity contribution in [1.82, 2.24) is 9.80 Å². The lowest BCUT2D eigenvalue weighted by atomic mass is 10.0. The van der Waals surface area contributed by atoms with Crippen LogP contribution in [0.5, 0.6) is 11.5 Å². The van der Waals surface area contributed by atoms with Crippen LogP contribution in [-0.4, -0.2) is 93.8 Å². The number of likely N-dealkylation sites (N-methyl/N-ethyl adjacent to an activating group) is 1. The molecule has 2 amide bonds. The average molecular weight is 696 g/mol. The first-order chi connectivity index (χ1) is 23.4. The number of sulfonamides is 1. The number of aliphatic hydroxyl groups excluding tert-OH is 1. The predicted molar refractivity (Wildman–Crippen MR) is 188 cm³/mol. The molecule has 0 aliphatic carbocycles. The minimum Gasteiger partial charge on any atom is -0.497 e. The molecule has 49 heavy (non-hydrogen) atoms. The molecular weight excluding hydrogens is 646 g/mol. The standard InChI is InChI=1S/C37H49N3O8S/c1-26-23-40(27(2)25-41)37(43)33-22-30(38-49(44,45)32-17-15-31(46-5)16-18-32)14-19-34(33)48-28(3)11-9-10-20-47-35(26)24-39(4)36(42)21-29-12-7-6-8-13-29/h6-8,12-19,22,26-28,35,38,41H,9-11,20-21,23-25H2,1-5H3/t26-,27+,28-,35-/m0/s1. The number of hydrogen-bond acceptors (Lipinski definition) is 8.